The summed E-state index contributed by atoms with van der Waals surface area (Å²) >= 11 is 1.57. The van der Waals surface area contributed by atoms with E-state index >= 15 is 0 Å². The van der Waals surface area contributed by atoms with E-state index in [1.807, 2.05) is 29.6 Å². The monoisotopic (exact) mass is 298 g/mol. The van der Waals surface area contributed by atoms with Crippen molar-refractivity contribution >= 4 is 21.6 Å². The molecule has 0 aliphatic heterocycles. The zero-order chi connectivity index (χ0) is 14.2. The van der Waals surface area contributed by atoms with Gasteiger partial charge < -0.3 is 9.84 Å². The summed E-state index contributed by atoms with van der Waals surface area (Å²) in [4.78, 5) is 9.40. The van der Waals surface area contributed by atoms with E-state index in [1.165, 1.54) is 6.33 Å². The Morgan fingerprint density at radius 1 is 1.24 bits per heavy atom. The average Bonchev–Trinajstić information content (AvgIpc) is 2.98. The number of rotatable bonds is 2. The molecule has 1 aromatic carbocycles. The van der Waals surface area contributed by atoms with Crippen LogP contribution in [0.4, 0.5) is 0 Å². The summed E-state index contributed by atoms with van der Waals surface area (Å²) < 4.78 is 6.04. The van der Waals surface area contributed by atoms with Gasteiger partial charge in [0.1, 0.15) is 16.9 Å². The lowest BCUT2D eigenvalue weighted by Crippen LogP contribution is -2.10. The first-order valence-corrected chi connectivity index (χ1v) is 7.87. The van der Waals surface area contributed by atoms with E-state index in [-0.39, 0.29) is 6.10 Å². The van der Waals surface area contributed by atoms with Gasteiger partial charge in [-0.3, -0.25) is 0 Å². The third-order valence-corrected chi connectivity index (χ3v) is 4.69. The van der Waals surface area contributed by atoms with Crippen LogP contribution in [-0.2, 0) is 6.42 Å². The molecule has 0 bridgehead atoms. The Morgan fingerprint density at radius 2 is 2.19 bits per heavy atom. The van der Waals surface area contributed by atoms with Crippen molar-refractivity contribution in [1.82, 2.24) is 9.97 Å². The summed E-state index contributed by atoms with van der Waals surface area (Å²) in [5, 5.41) is 13.0. The lowest BCUT2D eigenvalue weighted by atomic mass is 9.89. The van der Waals surface area contributed by atoms with Crippen molar-refractivity contribution in [3.63, 3.8) is 0 Å². The van der Waals surface area contributed by atoms with Gasteiger partial charge in [0.05, 0.1) is 11.5 Å². The maximum atomic E-state index is 10.1. The number of aromatic nitrogens is 2. The summed E-state index contributed by atoms with van der Waals surface area (Å²) in [7, 11) is 0. The van der Waals surface area contributed by atoms with E-state index in [0.717, 1.165) is 46.4 Å². The predicted molar refractivity (Wildman–Crippen MR) is 81.8 cm³/mol. The minimum atomic E-state index is -0.385. The smallest absolute Gasteiger partial charge is 0.231 e. The van der Waals surface area contributed by atoms with Crippen molar-refractivity contribution in [2.75, 3.05) is 0 Å². The van der Waals surface area contributed by atoms with Gasteiger partial charge in [0.15, 0.2) is 0 Å². The molecule has 1 aliphatic rings. The molecule has 4 nitrogen and oxygen atoms in total. The number of aliphatic hydroxyl groups is 1. The van der Waals surface area contributed by atoms with E-state index in [4.69, 9.17) is 4.74 Å². The van der Waals surface area contributed by atoms with Crippen LogP contribution in [0.25, 0.3) is 10.2 Å². The minimum absolute atomic E-state index is 0.385. The lowest BCUT2D eigenvalue weighted by molar-refractivity contribution is 0.156. The highest BCUT2D eigenvalue weighted by atomic mass is 32.1. The van der Waals surface area contributed by atoms with E-state index in [9.17, 15) is 5.11 Å². The summed E-state index contributed by atoms with van der Waals surface area (Å²) in [6.07, 6.45) is 3.87. The third kappa shape index (κ3) is 2.18. The Balaban J connectivity index is 1.78. The van der Waals surface area contributed by atoms with Gasteiger partial charge in [0.25, 0.3) is 0 Å². The normalized spacial score (nSPS) is 17.7. The van der Waals surface area contributed by atoms with E-state index in [2.05, 4.69) is 9.97 Å². The molecule has 0 radical (unpaired) electrons. The summed E-state index contributed by atoms with van der Waals surface area (Å²) in [5.41, 5.74) is 2.08. The van der Waals surface area contributed by atoms with Crippen molar-refractivity contribution in [2.45, 2.75) is 25.4 Å². The Labute approximate surface area is 126 Å². The number of hydrogen-bond acceptors (Lipinski definition) is 5. The molecule has 1 aliphatic carbocycles. The zero-order valence-corrected chi connectivity index (χ0v) is 12.1. The topological polar surface area (TPSA) is 55.2 Å². The van der Waals surface area contributed by atoms with Crippen LogP contribution >= 0.6 is 11.3 Å². The van der Waals surface area contributed by atoms with Crippen molar-refractivity contribution in [3.05, 3.63) is 47.1 Å². The predicted octanol–water partition coefficient (Wildman–Crippen LogP) is 3.85. The van der Waals surface area contributed by atoms with Crippen LogP contribution in [0.2, 0.25) is 0 Å². The Morgan fingerprint density at radius 3 is 3.14 bits per heavy atom. The van der Waals surface area contributed by atoms with E-state index in [1.54, 1.807) is 11.3 Å². The van der Waals surface area contributed by atoms with Gasteiger partial charge in [0, 0.05) is 5.56 Å². The van der Waals surface area contributed by atoms with Crippen LogP contribution in [0, 0.1) is 0 Å². The molecule has 4 rings (SSSR count). The lowest BCUT2D eigenvalue weighted by Gasteiger charge is -2.23. The number of aliphatic hydroxyl groups excluding tert-OH is 1. The number of nitrogens with zero attached hydrogens (tertiary/aromatic N) is 2. The van der Waals surface area contributed by atoms with Gasteiger partial charge >= 0.3 is 0 Å². The highest BCUT2D eigenvalue weighted by molar-refractivity contribution is 7.16. The molecule has 0 amide bonds. The second-order valence-corrected chi connectivity index (χ2v) is 6.05. The molecule has 2 heterocycles. The molecule has 0 spiro atoms. The molecule has 2 aromatic heterocycles. The molecular weight excluding hydrogens is 284 g/mol. The van der Waals surface area contributed by atoms with Crippen molar-refractivity contribution < 1.29 is 9.84 Å². The first-order valence-electron chi connectivity index (χ1n) is 6.99. The van der Waals surface area contributed by atoms with Crippen LogP contribution in [0.1, 0.15) is 30.1 Å². The van der Waals surface area contributed by atoms with Gasteiger partial charge in [0.2, 0.25) is 5.88 Å². The van der Waals surface area contributed by atoms with E-state index in [0.29, 0.717) is 5.88 Å². The van der Waals surface area contributed by atoms with Gasteiger partial charge in [-0.25, -0.2) is 9.97 Å². The zero-order valence-electron chi connectivity index (χ0n) is 11.3. The van der Waals surface area contributed by atoms with E-state index < -0.39 is 0 Å². The van der Waals surface area contributed by atoms with Crippen molar-refractivity contribution in [3.8, 4) is 11.6 Å². The number of benzene rings is 1. The maximum Gasteiger partial charge on any atom is 0.231 e. The molecule has 3 aromatic rings. The molecule has 5 heteroatoms. The Kier molecular flexibility index (Phi) is 3.09. The highest BCUT2D eigenvalue weighted by Gasteiger charge is 2.21. The van der Waals surface area contributed by atoms with Gasteiger partial charge in [-0.15, -0.1) is 11.3 Å². The molecule has 0 unspecified atom stereocenters. The summed E-state index contributed by atoms with van der Waals surface area (Å²) in [6, 6.07) is 7.82. The fraction of sp³-hybridized carbons (Fsp3) is 0.250. The maximum absolute atomic E-state index is 10.1. The first-order chi connectivity index (χ1) is 10.3. The highest BCUT2D eigenvalue weighted by Crippen LogP contribution is 2.38. The SMILES string of the molecule is O[C@@H]1CCCc2c(Oc3ncnc4sccc34)cccc21. The summed E-state index contributed by atoms with van der Waals surface area (Å²) in [5.74, 6) is 1.37. The second kappa shape index (κ2) is 5.09. The fourth-order valence-electron chi connectivity index (χ4n) is 2.84. The number of fused-ring (bicyclic) bond motifs is 2. The first kappa shape index (κ1) is 12.7. The number of thiophene rings is 1. The molecule has 106 valence electrons. The van der Waals surface area contributed by atoms with Crippen molar-refractivity contribution in [2.24, 2.45) is 0 Å². The quantitative estimate of drug-likeness (QED) is 0.780. The molecule has 1 atom stereocenters. The molecule has 0 saturated heterocycles. The van der Waals surface area contributed by atoms with Crippen LogP contribution < -0.4 is 4.74 Å². The summed E-state index contributed by atoms with van der Waals surface area (Å²) in [6.45, 7) is 0. The molecule has 0 saturated carbocycles. The molecular formula is C16H14N2O2S. The largest absolute Gasteiger partial charge is 0.438 e. The Hall–Kier alpha value is -1.98. The van der Waals surface area contributed by atoms with Gasteiger partial charge in [-0.1, -0.05) is 12.1 Å². The van der Waals surface area contributed by atoms with Gasteiger partial charge in [-0.2, -0.15) is 0 Å². The fourth-order valence-corrected chi connectivity index (χ4v) is 3.56. The third-order valence-electron chi connectivity index (χ3n) is 3.86. The average molecular weight is 298 g/mol. The minimum Gasteiger partial charge on any atom is -0.438 e. The van der Waals surface area contributed by atoms with Crippen molar-refractivity contribution in [1.29, 1.82) is 0 Å². The molecule has 21 heavy (non-hydrogen) atoms. The van der Waals surface area contributed by atoms with Crippen LogP contribution in [0.3, 0.4) is 0 Å². The second-order valence-electron chi connectivity index (χ2n) is 5.15. The van der Waals surface area contributed by atoms with Crippen LogP contribution in [0.5, 0.6) is 11.6 Å². The standard InChI is InChI=1S/C16H14N2O2S/c19-13-5-1-4-11-10(13)3-2-6-14(11)20-15-12-7-8-21-16(12)18-9-17-15/h2-3,6-9,13,19H,1,4-5H2/t13-/m1/s1. The number of ether oxygens (including phenoxy) is 1. The number of hydrogen-bond donors (Lipinski definition) is 1. The van der Waals surface area contributed by atoms with Crippen LogP contribution in [-0.4, -0.2) is 15.1 Å². The van der Waals surface area contributed by atoms with Crippen LogP contribution in [0.15, 0.2) is 36.0 Å². The molecule has 0 fully saturated rings. The van der Waals surface area contributed by atoms with Gasteiger partial charge in [-0.05, 0) is 42.3 Å². The Bertz CT molecular complexity index is 800. The molecule has 1 N–H and O–H groups in total.